The zero-order valence-corrected chi connectivity index (χ0v) is 15.4. The Morgan fingerprint density at radius 2 is 1.73 bits per heavy atom. The van der Waals surface area contributed by atoms with Crippen LogP contribution in [-0.2, 0) is 11.3 Å². The molecule has 2 aromatic carbocycles. The Hall–Kier alpha value is -2.86. The third-order valence-electron chi connectivity index (χ3n) is 3.93. The Balaban J connectivity index is 2.18. The van der Waals surface area contributed by atoms with Crippen LogP contribution in [-0.4, -0.2) is 37.5 Å². The maximum Gasteiger partial charge on any atom is 0.321 e. The van der Waals surface area contributed by atoms with Crippen molar-refractivity contribution < 1.29 is 14.3 Å². The molecule has 3 amide bonds. The quantitative estimate of drug-likeness (QED) is 0.801. The smallest absolute Gasteiger partial charge is 0.321 e. The van der Waals surface area contributed by atoms with Crippen molar-refractivity contribution in [3.05, 3.63) is 65.7 Å². The van der Waals surface area contributed by atoms with Crippen molar-refractivity contribution in [2.75, 3.05) is 20.7 Å². The molecule has 0 aliphatic rings. The van der Waals surface area contributed by atoms with Gasteiger partial charge in [-0.15, -0.1) is 0 Å². The number of likely N-dealkylation sites (N-methyl/N-ethyl adjacent to an activating group) is 1. The molecule has 2 aromatic rings. The number of benzene rings is 2. The summed E-state index contributed by atoms with van der Waals surface area (Å²) in [5, 5.41) is 4.78. The second-order valence-electron chi connectivity index (χ2n) is 5.87. The average molecular weight is 355 g/mol. The number of amides is 3. The fourth-order valence-electron chi connectivity index (χ4n) is 2.72. The van der Waals surface area contributed by atoms with Crippen LogP contribution in [0.5, 0.6) is 5.75 Å². The van der Waals surface area contributed by atoms with E-state index in [1.807, 2.05) is 73.5 Å². The van der Waals surface area contributed by atoms with E-state index in [1.54, 1.807) is 0 Å². The van der Waals surface area contributed by atoms with Crippen molar-refractivity contribution in [1.29, 1.82) is 0 Å². The Bertz CT molecular complexity index is 717. The summed E-state index contributed by atoms with van der Waals surface area (Å²) in [7, 11) is 3.33. The monoisotopic (exact) mass is 355 g/mol. The first-order valence-electron chi connectivity index (χ1n) is 8.54. The van der Waals surface area contributed by atoms with Gasteiger partial charge in [0.2, 0.25) is 5.91 Å². The number of hydrogen-bond acceptors (Lipinski definition) is 4. The molecular weight excluding hydrogens is 330 g/mol. The van der Waals surface area contributed by atoms with E-state index in [-0.39, 0.29) is 5.91 Å². The molecule has 138 valence electrons. The fraction of sp³-hybridized carbons (Fsp3) is 0.300. The van der Waals surface area contributed by atoms with Crippen molar-refractivity contribution >= 4 is 11.9 Å². The summed E-state index contributed by atoms with van der Waals surface area (Å²) >= 11 is 0. The van der Waals surface area contributed by atoms with Gasteiger partial charge in [0.25, 0.3) is 0 Å². The first-order chi connectivity index (χ1) is 12.5. The number of carbonyl (C=O) groups is 2. The predicted octanol–water partition coefficient (Wildman–Crippen LogP) is 2.71. The minimum Gasteiger partial charge on any atom is -0.494 e. The van der Waals surface area contributed by atoms with Gasteiger partial charge in [-0.25, -0.2) is 4.79 Å². The van der Waals surface area contributed by atoms with Crippen molar-refractivity contribution in [3.63, 3.8) is 0 Å². The van der Waals surface area contributed by atoms with Gasteiger partial charge in [-0.3, -0.25) is 15.0 Å². The number of rotatable bonds is 7. The van der Waals surface area contributed by atoms with Gasteiger partial charge in [-0.2, -0.15) is 0 Å². The van der Waals surface area contributed by atoms with Crippen LogP contribution in [0.4, 0.5) is 4.79 Å². The van der Waals surface area contributed by atoms with Gasteiger partial charge in [-0.05, 0) is 37.2 Å². The molecule has 0 aliphatic carbocycles. The average Bonchev–Trinajstić information content (AvgIpc) is 2.64. The van der Waals surface area contributed by atoms with Gasteiger partial charge < -0.3 is 10.1 Å². The molecule has 0 bridgehead atoms. The molecule has 0 saturated carbocycles. The van der Waals surface area contributed by atoms with Crippen LogP contribution in [0.15, 0.2) is 54.6 Å². The Kier molecular flexibility index (Phi) is 7.17. The van der Waals surface area contributed by atoms with Gasteiger partial charge in [0.15, 0.2) is 0 Å². The number of carbonyl (C=O) groups excluding carboxylic acids is 2. The molecule has 0 heterocycles. The highest BCUT2D eigenvalue weighted by atomic mass is 16.5. The van der Waals surface area contributed by atoms with Gasteiger partial charge in [-0.1, -0.05) is 42.5 Å². The number of nitrogens with zero attached hydrogens (tertiary/aromatic N) is 1. The molecule has 2 rings (SSSR count). The normalized spacial score (nSPS) is 11.7. The molecule has 0 aliphatic heterocycles. The minimum absolute atomic E-state index is 0.371. The van der Waals surface area contributed by atoms with Crippen LogP contribution >= 0.6 is 0 Å². The van der Waals surface area contributed by atoms with Gasteiger partial charge >= 0.3 is 6.03 Å². The molecule has 6 heteroatoms. The summed E-state index contributed by atoms with van der Waals surface area (Å²) < 4.78 is 5.45. The van der Waals surface area contributed by atoms with Crippen molar-refractivity contribution in [1.82, 2.24) is 15.5 Å². The van der Waals surface area contributed by atoms with Crippen molar-refractivity contribution in [2.24, 2.45) is 0 Å². The van der Waals surface area contributed by atoms with Gasteiger partial charge in [0, 0.05) is 13.6 Å². The zero-order chi connectivity index (χ0) is 18.9. The summed E-state index contributed by atoms with van der Waals surface area (Å²) in [6.45, 7) is 3.11. The van der Waals surface area contributed by atoms with E-state index < -0.39 is 12.1 Å². The molecule has 1 atom stereocenters. The summed E-state index contributed by atoms with van der Waals surface area (Å²) in [4.78, 5) is 26.1. The summed E-state index contributed by atoms with van der Waals surface area (Å²) in [6.07, 6.45) is 0. The third-order valence-corrected chi connectivity index (χ3v) is 3.93. The Labute approximate surface area is 154 Å². The zero-order valence-electron chi connectivity index (χ0n) is 15.4. The predicted molar refractivity (Wildman–Crippen MR) is 101 cm³/mol. The van der Waals surface area contributed by atoms with Crippen LogP contribution in [0.3, 0.4) is 0 Å². The molecule has 6 nitrogen and oxygen atoms in total. The van der Waals surface area contributed by atoms with Crippen LogP contribution in [0.25, 0.3) is 0 Å². The van der Waals surface area contributed by atoms with Crippen LogP contribution in [0.2, 0.25) is 0 Å². The lowest BCUT2D eigenvalue weighted by Gasteiger charge is -2.27. The number of urea groups is 1. The van der Waals surface area contributed by atoms with E-state index >= 15 is 0 Å². The molecule has 0 fully saturated rings. The highest BCUT2D eigenvalue weighted by Crippen LogP contribution is 2.22. The third kappa shape index (κ3) is 5.32. The van der Waals surface area contributed by atoms with Crippen LogP contribution < -0.4 is 15.4 Å². The topological polar surface area (TPSA) is 70.7 Å². The van der Waals surface area contributed by atoms with Crippen LogP contribution in [0, 0.1) is 0 Å². The highest BCUT2D eigenvalue weighted by Gasteiger charge is 2.26. The molecule has 0 radical (unpaired) electrons. The fourth-order valence-corrected chi connectivity index (χ4v) is 2.72. The Morgan fingerprint density at radius 1 is 1.08 bits per heavy atom. The van der Waals surface area contributed by atoms with E-state index in [9.17, 15) is 9.59 Å². The second kappa shape index (κ2) is 9.58. The number of nitrogens with one attached hydrogen (secondary N) is 2. The molecule has 26 heavy (non-hydrogen) atoms. The van der Waals surface area contributed by atoms with E-state index in [0.29, 0.717) is 13.2 Å². The Morgan fingerprint density at radius 3 is 2.31 bits per heavy atom. The first-order valence-corrected chi connectivity index (χ1v) is 8.54. The lowest BCUT2D eigenvalue weighted by atomic mass is 10.0. The molecule has 0 aromatic heterocycles. The molecule has 2 N–H and O–H groups in total. The SMILES string of the molecule is CCOc1ccc(CN(C)[C@H](C(=O)NC(=O)NC)c2ccccc2)cc1. The lowest BCUT2D eigenvalue weighted by molar-refractivity contribution is -0.125. The summed E-state index contributed by atoms with van der Waals surface area (Å²) in [5.41, 5.74) is 1.87. The number of ether oxygens (including phenoxy) is 1. The second-order valence-corrected chi connectivity index (χ2v) is 5.87. The van der Waals surface area contributed by atoms with E-state index in [0.717, 1.165) is 16.9 Å². The molecule has 0 saturated heterocycles. The standard InChI is InChI=1S/C20H25N3O3/c1-4-26-17-12-10-15(11-13-17)14-23(3)18(16-8-6-5-7-9-16)19(24)22-20(25)21-2/h5-13,18H,4,14H2,1-3H3,(H2,21,22,24,25)/t18-/m0/s1. The van der Waals surface area contributed by atoms with E-state index in [1.165, 1.54) is 7.05 Å². The highest BCUT2D eigenvalue weighted by molar-refractivity contribution is 5.97. The van der Waals surface area contributed by atoms with Gasteiger partial charge in [0.05, 0.1) is 6.61 Å². The molecule has 0 unspecified atom stereocenters. The van der Waals surface area contributed by atoms with E-state index in [4.69, 9.17) is 4.74 Å². The minimum atomic E-state index is -0.583. The van der Waals surface area contributed by atoms with E-state index in [2.05, 4.69) is 10.6 Å². The maximum absolute atomic E-state index is 12.7. The van der Waals surface area contributed by atoms with Crippen molar-refractivity contribution in [2.45, 2.75) is 19.5 Å². The lowest BCUT2D eigenvalue weighted by Crippen LogP contribution is -2.44. The summed E-state index contributed by atoms with van der Waals surface area (Å²) in [6, 6.07) is 16.1. The van der Waals surface area contributed by atoms with Gasteiger partial charge in [0.1, 0.15) is 11.8 Å². The maximum atomic E-state index is 12.7. The largest absolute Gasteiger partial charge is 0.494 e. The number of hydrogen-bond donors (Lipinski definition) is 2. The summed E-state index contributed by atoms with van der Waals surface area (Å²) in [5.74, 6) is 0.444. The first kappa shape index (κ1) is 19.5. The van der Waals surface area contributed by atoms with Crippen LogP contribution in [0.1, 0.15) is 24.1 Å². The molecular formula is C20H25N3O3. The molecule has 0 spiro atoms. The number of imide groups is 1. The van der Waals surface area contributed by atoms with Crippen molar-refractivity contribution in [3.8, 4) is 5.75 Å².